The van der Waals surface area contributed by atoms with Gasteiger partial charge in [-0.25, -0.2) is 0 Å². The molecule has 2 aromatic carbocycles. The van der Waals surface area contributed by atoms with Gasteiger partial charge in [0, 0.05) is 50.0 Å². The van der Waals surface area contributed by atoms with Crippen LogP contribution in [0.2, 0.25) is 0 Å². The maximum atomic E-state index is 12.2. The molecule has 29 heavy (non-hydrogen) atoms. The van der Waals surface area contributed by atoms with Crippen LogP contribution in [0.25, 0.3) is 10.9 Å². The highest BCUT2D eigenvalue weighted by molar-refractivity contribution is 8.14. The lowest BCUT2D eigenvalue weighted by molar-refractivity contribution is -0.125. The number of hydrogen-bond acceptors (Lipinski definition) is 6. The molecule has 1 aliphatic heterocycles. The molecule has 1 aliphatic rings. The van der Waals surface area contributed by atoms with Gasteiger partial charge in [0.15, 0.2) is 0 Å². The van der Waals surface area contributed by atoms with E-state index in [1.165, 1.54) is 7.05 Å². The number of anilines is 1. The van der Waals surface area contributed by atoms with Gasteiger partial charge >= 0.3 is 0 Å². The van der Waals surface area contributed by atoms with Gasteiger partial charge in [-0.05, 0) is 41.6 Å². The Morgan fingerprint density at radius 1 is 1.14 bits per heavy atom. The Morgan fingerprint density at radius 2 is 1.93 bits per heavy atom. The van der Waals surface area contributed by atoms with Crippen molar-refractivity contribution in [3.8, 4) is 5.75 Å². The first-order chi connectivity index (χ1) is 13.9. The van der Waals surface area contributed by atoms with Crippen LogP contribution in [0.4, 0.5) is 10.5 Å². The minimum Gasteiger partial charge on any atom is -0.489 e. The Bertz CT molecular complexity index is 1100. The van der Waals surface area contributed by atoms with Gasteiger partial charge in [0.2, 0.25) is 5.91 Å². The predicted molar refractivity (Wildman–Crippen MR) is 115 cm³/mol. The third kappa shape index (κ3) is 3.78. The highest BCUT2D eigenvalue weighted by Crippen LogP contribution is 2.39. The van der Waals surface area contributed by atoms with E-state index in [0.29, 0.717) is 6.61 Å². The second kappa shape index (κ2) is 7.75. The number of rotatable bonds is 5. The number of benzene rings is 2. The Morgan fingerprint density at radius 3 is 2.66 bits per heavy atom. The standard InChI is InChI=1S/C22H21N3O3S/c1-24(2)19-7-5-4-6-15(19)13-28-17-9-8-14-10-16(12-23-18(14)11-17)20-21(26)25(3)22(27)29-20/h4-12,20H,13H2,1-3H3. The lowest BCUT2D eigenvalue weighted by atomic mass is 10.1. The molecule has 4 rings (SSSR count). The van der Waals surface area contributed by atoms with E-state index in [1.807, 2.05) is 50.5 Å². The summed E-state index contributed by atoms with van der Waals surface area (Å²) in [7, 11) is 5.52. The maximum Gasteiger partial charge on any atom is 0.289 e. The summed E-state index contributed by atoms with van der Waals surface area (Å²) in [6.07, 6.45) is 1.66. The summed E-state index contributed by atoms with van der Waals surface area (Å²) < 4.78 is 5.99. The first-order valence-corrected chi connectivity index (χ1v) is 10.1. The van der Waals surface area contributed by atoms with Gasteiger partial charge in [-0.1, -0.05) is 18.2 Å². The van der Waals surface area contributed by atoms with Crippen LogP contribution in [0.1, 0.15) is 16.4 Å². The number of thioether (sulfide) groups is 1. The van der Waals surface area contributed by atoms with Crippen LogP contribution in [0.5, 0.6) is 5.75 Å². The highest BCUT2D eigenvalue weighted by Gasteiger charge is 2.38. The average Bonchev–Trinajstić information content (AvgIpc) is 2.99. The largest absolute Gasteiger partial charge is 0.489 e. The van der Waals surface area contributed by atoms with Crippen molar-refractivity contribution in [2.75, 3.05) is 26.0 Å². The number of fused-ring (bicyclic) bond motifs is 1. The highest BCUT2D eigenvalue weighted by atomic mass is 32.2. The van der Waals surface area contributed by atoms with Gasteiger partial charge < -0.3 is 9.64 Å². The molecule has 3 aromatic rings. The SMILES string of the molecule is CN1C(=O)SC(c2cnc3cc(OCc4ccccc4N(C)C)ccc3c2)C1=O. The molecule has 148 valence electrons. The van der Waals surface area contributed by atoms with E-state index in [2.05, 4.69) is 22.0 Å². The summed E-state index contributed by atoms with van der Waals surface area (Å²) in [5.41, 5.74) is 3.74. The van der Waals surface area contributed by atoms with Gasteiger partial charge in [-0.2, -0.15) is 0 Å². The van der Waals surface area contributed by atoms with Crippen LogP contribution >= 0.6 is 11.8 Å². The second-order valence-electron chi connectivity index (χ2n) is 7.10. The van der Waals surface area contributed by atoms with E-state index in [0.717, 1.165) is 50.1 Å². The molecule has 0 aliphatic carbocycles. The van der Waals surface area contributed by atoms with E-state index in [1.54, 1.807) is 6.20 Å². The van der Waals surface area contributed by atoms with E-state index in [9.17, 15) is 9.59 Å². The molecule has 2 amide bonds. The molecular formula is C22H21N3O3S. The normalized spacial score (nSPS) is 16.5. The second-order valence-corrected chi connectivity index (χ2v) is 8.15. The quantitative estimate of drug-likeness (QED) is 0.630. The number of carbonyl (C=O) groups excluding carboxylic acids is 2. The molecule has 0 saturated carbocycles. The summed E-state index contributed by atoms with van der Waals surface area (Å²) in [5.74, 6) is 0.521. The van der Waals surface area contributed by atoms with Crippen molar-refractivity contribution in [2.45, 2.75) is 11.9 Å². The summed E-state index contributed by atoms with van der Waals surface area (Å²) in [6, 6.07) is 15.7. The smallest absolute Gasteiger partial charge is 0.289 e. The molecule has 7 heteroatoms. The first kappa shape index (κ1) is 19.3. The van der Waals surface area contributed by atoms with E-state index >= 15 is 0 Å². The number of imide groups is 1. The zero-order valence-corrected chi connectivity index (χ0v) is 17.3. The number of likely N-dealkylation sites (N-methyl/N-ethyl adjacent to an activating group) is 1. The number of amides is 2. The maximum absolute atomic E-state index is 12.2. The molecule has 0 bridgehead atoms. The number of hydrogen-bond donors (Lipinski definition) is 0. The molecule has 6 nitrogen and oxygen atoms in total. The van der Waals surface area contributed by atoms with Crippen LogP contribution < -0.4 is 9.64 Å². The van der Waals surface area contributed by atoms with Gasteiger partial charge in [-0.3, -0.25) is 19.5 Å². The van der Waals surface area contributed by atoms with Gasteiger partial charge in [0.1, 0.15) is 17.6 Å². The summed E-state index contributed by atoms with van der Waals surface area (Å²) in [4.78, 5) is 31.7. The van der Waals surface area contributed by atoms with Crippen molar-refractivity contribution in [1.82, 2.24) is 9.88 Å². The molecule has 2 heterocycles. The molecule has 1 atom stereocenters. The molecule has 1 saturated heterocycles. The number of aromatic nitrogens is 1. The molecule has 0 radical (unpaired) electrons. The van der Waals surface area contributed by atoms with Gasteiger partial charge in [0.05, 0.1) is 5.52 Å². The lowest BCUT2D eigenvalue weighted by Gasteiger charge is -2.17. The fourth-order valence-corrected chi connectivity index (χ4v) is 4.26. The Labute approximate surface area is 173 Å². The molecule has 0 spiro atoms. The topological polar surface area (TPSA) is 62.7 Å². The first-order valence-electron chi connectivity index (χ1n) is 9.20. The fourth-order valence-electron chi connectivity index (χ4n) is 3.29. The van der Waals surface area contributed by atoms with Crippen LogP contribution in [0.3, 0.4) is 0 Å². The molecule has 1 fully saturated rings. The number of pyridine rings is 1. The zero-order chi connectivity index (χ0) is 20.5. The van der Waals surface area contributed by atoms with Crippen molar-refractivity contribution in [3.63, 3.8) is 0 Å². The summed E-state index contributed by atoms with van der Waals surface area (Å²) >= 11 is 1.02. The van der Waals surface area contributed by atoms with Crippen molar-refractivity contribution in [1.29, 1.82) is 0 Å². The molecule has 1 aromatic heterocycles. The van der Waals surface area contributed by atoms with Crippen molar-refractivity contribution >= 4 is 39.5 Å². The molecule has 1 unspecified atom stereocenters. The van der Waals surface area contributed by atoms with Crippen LogP contribution in [-0.4, -0.2) is 42.2 Å². The van der Waals surface area contributed by atoms with Crippen LogP contribution in [-0.2, 0) is 11.4 Å². The van der Waals surface area contributed by atoms with E-state index in [4.69, 9.17) is 4.74 Å². The van der Waals surface area contributed by atoms with Crippen molar-refractivity contribution < 1.29 is 14.3 Å². The van der Waals surface area contributed by atoms with Crippen LogP contribution in [0.15, 0.2) is 54.7 Å². The molecular weight excluding hydrogens is 386 g/mol. The summed E-state index contributed by atoms with van der Waals surface area (Å²) in [6.45, 7) is 0.458. The van der Waals surface area contributed by atoms with Gasteiger partial charge in [-0.15, -0.1) is 0 Å². The Balaban J connectivity index is 1.54. The third-order valence-electron chi connectivity index (χ3n) is 4.89. The third-order valence-corrected chi connectivity index (χ3v) is 6.08. The number of ether oxygens (including phenoxy) is 1. The monoisotopic (exact) mass is 407 g/mol. The Kier molecular flexibility index (Phi) is 5.15. The Hall–Kier alpha value is -3.06. The van der Waals surface area contributed by atoms with E-state index in [-0.39, 0.29) is 11.1 Å². The van der Waals surface area contributed by atoms with E-state index < -0.39 is 5.25 Å². The predicted octanol–water partition coefficient (Wildman–Crippen LogP) is 4.25. The van der Waals surface area contributed by atoms with Crippen LogP contribution in [0, 0.1) is 0 Å². The van der Waals surface area contributed by atoms with Crippen molar-refractivity contribution in [3.05, 3.63) is 65.9 Å². The lowest BCUT2D eigenvalue weighted by Crippen LogP contribution is -2.24. The number of para-hydroxylation sites is 1. The summed E-state index contributed by atoms with van der Waals surface area (Å²) in [5, 5.41) is 0.142. The average molecular weight is 407 g/mol. The van der Waals surface area contributed by atoms with Crippen molar-refractivity contribution in [2.24, 2.45) is 0 Å². The number of nitrogens with zero attached hydrogens (tertiary/aromatic N) is 3. The fraction of sp³-hybridized carbons (Fsp3) is 0.227. The minimum absolute atomic E-state index is 0.208. The zero-order valence-electron chi connectivity index (χ0n) is 16.5. The number of carbonyl (C=O) groups is 2. The minimum atomic E-state index is -0.525. The van der Waals surface area contributed by atoms with Gasteiger partial charge in [0.25, 0.3) is 5.24 Å². The molecule has 0 N–H and O–H groups in total.